The van der Waals surface area contributed by atoms with E-state index in [0.29, 0.717) is 25.3 Å². The standard InChI is InChI=1S/C24H26ClN3O2S/c1-16-13-18(14-17(2)24(16)25)30-12-6-8-20-19-7-4-5-9-21(19)28(22(20)15-26)11-10-23(29)27-31-3/h4-5,7,9,13-14H,6,8,10-12H2,1-3H3,(H,27,29). The molecular formula is C24H26ClN3O2S. The first-order chi connectivity index (χ1) is 15.0. The molecule has 1 N–H and O–H groups in total. The summed E-state index contributed by atoms with van der Waals surface area (Å²) in [5, 5.41) is 11.7. The van der Waals surface area contributed by atoms with Gasteiger partial charge in [0.25, 0.3) is 0 Å². The first-order valence-corrected chi connectivity index (χ1v) is 11.8. The number of hydrogen-bond acceptors (Lipinski definition) is 4. The fourth-order valence-electron chi connectivity index (χ4n) is 3.79. The van der Waals surface area contributed by atoms with Crippen LogP contribution in [-0.4, -0.2) is 23.3 Å². The Labute approximate surface area is 192 Å². The van der Waals surface area contributed by atoms with E-state index in [4.69, 9.17) is 16.3 Å². The number of rotatable bonds is 9. The van der Waals surface area contributed by atoms with Crippen LogP contribution < -0.4 is 9.46 Å². The molecule has 3 aromatic rings. The summed E-state index contributed by atoms with van der Waals surface area (Å²) < 4.78 is 10.6. The second-order valence-corrected chi connectivity index (χ2v) is 8.40. The molecule has 1 heterocycles. The fraction of sp³-hybridized carbons (Fsp3) is 0.333. The number of para-hydroxylation sites is 1. The molecule has 0 bridgehead atoms. The van der Waals surface area contributed by atoms with Crippen LogP contribution in [0.15, 0.2) is 36.4 Å². The van der Waals surface area contributed by atoms with Gasteiger partial charge in [-0.3, -0.25) is 4.79 Å². The van der Waals surface area contributed by atoms with Crippen LogP contribution in [0.4, 0.5) is 0 Å². The Hall–Kier alpha value is -2.62. The minimum atomic E-state index is -0.0438. The van der Waals surface area contributed by atoms with Crippen molar-refractivity contribution in [1.82, 2.24) is 9.29 Å². The summed E-state index contributed by atoms with van der Waals surface area (Å²) in [7, 11) is 0. The first kappa shape index (κ1) is 23.1. The highest BCUT2D eigenvalue weighted by Crippen LogP contribution is 2.28. The van der Waals surface area contributed by atoms with Crippen LogP contribution in [0.25, 0.3) is 10.9 Å². The quantitative estimate of drug-likeness (QED) is 0.338. The number of ether oxygens (including phenoxy) is 1. The SMILES string of the molecule is CSNC(=O)CCn1c(C#N)c(CCCOc2cc(C)c(Cl)c(C)c2)c2ccccc21. The van der Waals surface area contributed by atoms with Crippen LogP contribution in [-0.2, 0) is 17.8 Å². The molecule has 0 radical (unpaired) electrons. The summed E-state index contributed by atoms with van der Waals surface area (Å²) >= 11 is 7.51. The number of carbonyl (C=O) groups excluding carboxylic acids is 1. The van der Waals surface area contributed by atoms with Crippen LogP contribution in [0.2, 0.25) is 5.02 Å². The van der Waals surface area contributed by atoms with Gasteiger partial charge in [0.15, 0.2) is 0 Å². The molecule has 1 amide bonds. The Morgan fingerprint density at radius 2 is 1.97 bits per heavy atom. The zero-order chi connectivity index (χ0) is 22.4. The van der Waals surface area contributed by atoms with Crippen molar-refractivity contribution < 1.29 is 9.53 Å². The Bertz CT molecular complexity index is 1110. The van der Waals surface area contributed by atoms with Gasteiger partial charge in [0.05, 0.1) is 6.61 Å². The second kappa shape index (κ2) is 10.6. The van der Waals surface area contributed by atoms with Gasteiger partial charge in [-0.1, -0.05) is 41.7 Å². The third-order valence-electron chi connectivity index (χ3n) is 5.21. The number of fused-ring (bicyclic) bond motifs is 1. The lowest BCUT2D eigenvalue weighted by Gasteiger charge is -2.10. The molecule has 0 aliphatic carbocycles. The van der Waals surface area contributed by atoms with E-state index in [1.54, 1.807) is 0 Å². The van der Waals surface area contributed by atoms with Crippen LogP contribution in [0.1, 0.15) is 35.2 Å². The van der Waals surface area contributed by atoms with Crippen molar-refractivity contribution in [3.05, 3.63) is 63.8 Å². The molecular weight excluding hydrogens is 430 g/mol. The predicted molar refractivity (Wildman–Crippen MR) is 128 cm³/mol. The average molecular weight is 456 g/mol. The molecule has 0 unspecified atom stereocenters. The van der Waals surface area contributed by atoms with Gasteiger partial charge in [0.1, 0.15) is 17.5 Å². The van der Waals surface area contributed by atoms with Crippen molar-refractivity contribution >= 4 is 40.4 Å². The van der Waals surface area contributed by atoms with Crippen molar-refractivity contribution in [2.45, 2.75) is 39.7 Å². The van der Waals surface area contributed by atoms with Crippen LogP contribution in [0.5, 0.6) is 5.75 Å². The Kier molecular flexibility index (Phi) is 7.89. The highest BCUT2D eigenvalue weighted by molar-refractivity contribution is 7.97. The second-order valence-electron chi connectivity index (χ2n) is 7.41. The number of aryl methyl sites for hydroxylation is 4. The van der Waals surface area contributed by atoms with Crippen molar-refractivity contribution in [1.29, 1.82) is 5.26 Å². The summed E-state index contributed by atoms with van der Waals surface area (Å²) in [5.74, 6) is 0.764. The summed E-state index contributed by atoms with van der Waals surface area (Å²) in [6.07, 6.45) is 3.64. The summed E-state index contributed by atoms with van der Waals surface area (Å²) in [5.41, 5.74) is 4.61. The molecule has 5 nitrogen and oxygen atoms in total. The van der Waals surface area contributed by atoms with Gasteiger partial charge in [0, 0.05) is 35.1 Å². The number of halogens is 1. The van der Waals surface area contributed by atoms with Gasteiger partial charge in [-0.15, -0.1) is 0 Å². The molecule has 0 saturated carbocycles. The number of amides is 1. The Morgan fingerprint density at radius 1 is 1.26 bits per heavy atom. The zero-order valence-corrected chi connectivity index (χ0v) is 19.6. The third kappa shape index (κ3) is 5.36. The van der Waals surface area contributed by atoms with Gasteiger partial charge >= 0.3 is 0 Å². The van der Waals surface area contributed by atoms with Crippen molar-refractivity contribution in [3.8, 4) is 11.8 Å². The number of aromatic nitrogens is 1. The van der Waals surface area contributed by atoms with E-state index in [9.17, 15) is 10.1 Å². The van der Waals surface area contributed by atoms with Gasteiger partial charge < -0.3 is 14.0 Å². The summed E-state index contributed by atoms with van der Waals surface area (Å²) in [6, 6.07) is 14.2. The summed E-state index contributed by atoms with van der Waals surface area (Å²) in [4.78, 5) is 11.9. The lowest BCUT2D eigenvalue weighted by atomic mass is 10.1. The normalized spacial score (nSPS) is 10.8. The molecule has 1 aromatic heterocycles. The molecule has 3 rings (SSSR count). The average Bonchev–Trinajstić information content (AvgIpc) is 3.06. The van der Waals surface area contributed by atoms with Crippen molar-refractivity contribution in [2.75, 3.05) is 12.9 Å². The van der Waals surface area contributed by atoms with Crippen molar-refractivity contribution in [3.63, 3.8) is 0 Å². The number of hydrogen-bond donors (Lipinski definition) is 1. The van der Waals surface area contributed by atoms with E-state index >= 15 is 0 Å². The van der Waals surface area contributed by atoms with E-state index in [1.807, 2.05) is 61.1 Å². The van der Waals surface area contributed by atoms with Gasteiger partial charge in [0.2, 0.25) is 5.91 Å². The minimum absolute atomic E-state index is 0.0438. The monoisotopic (exact) mass is 455 g/mol. The zero-order valence-electron chi connectivity index (χ0n) is 18.0. The molecule has 0 fully saturated rings. The first-order valence-electron chi connectivity index (χ1n) is 10.2. The number of benzene rings is 2. The largest absolute Gasteiger partial charge is 0.494 e. The lowest BCUT2D eigenvalue weighted by Crippen LogP contribution is -2.17. The highest BCUT2D eigenvalue weighted by Gasteiger charge is 2.17. The van der Waals surface area contributed by atoms with Crippen LogP contribution in [0.3, 0.4) is 0 Å². The maximum atomic E-state index is 11.9. The van der Waals surface area contributed by atoms with Crippen LogP contribution in [0, 0.1) is 25.2 Å². The van der Waals surface area contributed by atoms with E-state index in [1.165, 1.54) is 11.9 Å². The number of carbonyl (C=O) groups is 1. The maximum absolute atomic E-state index is 11.9. The molecule has 0 aliphatic heterocycles. The molecule has 2 aromatic carbocycles. The van der Waals surface area contributed by atoms with Crippen LogP contribution >= 0.6 is 23.5 Å². The fourth-order valence-corrected chi connectivity index (χ4v) is 4.23. The molecule has 7 heteroatoms. The van der Waals surface area contributed by atoms with E-state index in [2.05, 4.69) is 10.8 Å². The molecule has 31 heavy (non-hydrogen) atoms. The van der Waals surface area contributed by atoms with E-state index in [0.717, 1.165) is 51.2 Å². The van der Waals surface area contributed by atoms with Gasteiger partial charge in [-0.05, 0) is 61.6 Å². The third-order valence-corrected chi connectivity index (χ3v) is 6.24. The van der Waals surface area contributed by atoms with Gasteiger partial charge in [-0.2, -0.15) is 5.26 Å². The molecule has 0 atom stereocenters. The number of nitriles is 1. The van der Waals surface area contributed by atoms with E-state index in [-0.39, 0.29) is 5.91 Å². The molecule has 0 saturated heterocycles. The summed E-state index contributed by atoms with van der Waals surface area (Å²) in [6.45, 7) is 4.95. The number of nitrogens with zero attached hydrogens (tertiary/aromatic N) is 2. The molecule has 0 aliphatic rings. The van der Waals surface area contributed by atoms with E-state index < -0.39 is 0 Å². The lowest BCUT2D eigenvalue weighted by molar-refractivity contribution is -0.119. The molecule has 162 valence electrons. The molecule has 0 spiro atoms. The van der Waals surface area contributed by atoms with Gasteiger partial charge in [-0.25, -0.2) is 0 Å². The highest BCUT2D eigenvalue weighted by atomic mass is 35.5. The smallest absolute Gasteiger partial charge is 0.231 e. The topological polar surface area (TPSA) is 67.0 Å². The predicted octanol–water partition coefficient (Wildman–Crippen LogP) is 5.58. The minimum Gasteiger partial charge on any atom is -0.494 e. The number of nitrogens with one attached hydrogen (secondary N) is 1. The maximum Gasteiger partial charge on any atom is 0.231 e. The Balaban J connectivity index is 1.74. The Morgan fingerprint density at radius 3 is 2.65 bits per heavy atom. The van der Waals surface area contributed by atoms with Crippen molar-refractivity contribution in [2.24, 2.45) is 0 Å².